The first-order chi connectivity index (χ1) is 9.49. The molecule has 0 spiro atoms. The zero-order valence-corrected chi connectivity index (χ0v) is 13.3. The number of methoxy groups -OCH3 is 1. The zero-order chi connectivity index (χ0) is 14.8. The van der Waals surface area contributed by atoms with E-state index in [1.165, 1.54) is 0 Å². The highest BCUT2D eigenvalue weighted by molar-refractivity contribution is 6.34. The number of furan rings is 1. The molecule has 0 aliphatic heterocycles. The molecule has 0 saturated heterocycles. The van der Waals surface area contributed by atoms with E-state index in [1.54, 1.807) is 7.11 Å². The van der Waals surface area contributed by atoms with E-state index >= 15 is 0 Å². The van der Waals surface area contributed by atoms with Gasteiger partial charge in [-0.05, 0) is 38.9 Å². The Labute approximate surface area is 125 Å². The van der Waals surface area contributed by atoms with Crippen molar-refractivity contribution in [3.8, 4) is 0 Å². The molecule has 110 valence electrons. The van der Waals surface area contributed by atoms with Crippen LogP contribution in [0.2, 0.25) is 5.02 Å². The Morgan fingerprint density at radius 3 is 2.75 bits per heavy atom. The highest BCUT2D eigenvalue weighted by Gasteiger charge is 2.33. The van der Waals surface area contributed by atoms with Gasteiger partial charge in [0.1, 0.15) is 5.76 Å². The van der Waals surface area contributed by atoms with Gasteiger partial charge in [0.25, 0.3) is 0 Å². The van der Waals surface area contributed by atoms with Gasteiger partial charge in [0.05, 0.1) is 16.7 Å². The van der Waals surface area contributed by atoms with Gasteiger partial charge in [0, 0.05) is 12.5 Å². The van der Waals surface area contributed by atoms with Crippen LogP contribution in [0.3, 0.4) is 0 Å². The maximum Gasteiger partial charge on any atom is 0.152 e. The first-order valence-corrected chi connectivity index (χ1v) is 7.34. The molecule has 20 heavy (non-hydrogen) atoms. The molecule has 3 nitrogen and oxygen atoms in total. The van der Waals surface area contributed by atoms with E-state index in [4.69, 9.17) is 20.8 Å². The standard InChI is InChI=1S/C16H22ClNO2/c1-5-9-18-15(16(2,3)19-4)13-10-11-7-6-8-12(17)14(11)20-13/h6-8,10,15,18H,5,9H2,1-4H3. The fraction of sp³-hybridized carbons (Fsp3) is 0.500. The van der Waals surface area contributed by atoms with Gasteiger partial charge in [0.2, 0.25) is 0 Å². The molecule has 0 aliphatic rings. The van der Waals surface area contributed by atoms with Gasteiger partial charge in [-0.3, -0.25) is 0 Å². The molecule has 4 heteroatoms. The van der Waals surface area contributed by atoms with Gasteiger partial charge in [-0.15, -0.1) is 0 Å². The monoisotopic (exact) mass is 295 g/mol. The molecule has 0 amide bonds. The van der Waals surface area contributed by atoms with Crippen LogP contribution >= 0.6 is 11.6 Å². The van der Waals surface area contributed by atoms with Gasteiger partial charge in [0.15, 0.2) is 5.58 Å². The van der Waals surface area contributed by atoms with Crippen LogP contribution in [0.25, 0.3) is 11.0 Å². The lowest BCUT2D eigenvalue weighted by molar-refractivity contribution is -0.0164. The Kier molecular flexibility index (Phi) is 4.74. The summed E-state index contributed by atoms with van der Waals surface area (Å²) in [7, 11) is 1.72. The number of hydrogen-bond acceptors (Lipinski definition) is 3. The van der Waals surface area contributed by atoms with Crippen LogP contribution in [-0.2, 0) is 4.74 Å². The molecule has 2 rings (SSSR count). The number of rotatable bonds is 6. The number of nitrogens with one attached hydrogen (secondary N) is 1. The molecule has 1 unspecified atom stereocenters. The fourth-order valence-electron chi connectivity index (χ4n) is 2.29. The lowest BCUT2D eigenvalue weighted by Gasteiger charge is -2.32. The van der Waals surface area contributed by atoms with Gasteiger partial charge in [-0.2, -0.15) is 0 Å². The quantitative estimate of drug-likeness (QED) is 0.849. The lowest BCUT2D eigenvalue weighted by Crippen LogP contribution is -2.41. The number of benzene rings is 1. The lowest BCUT2D eigenvalue weighted by atomic mass is 9.96. The largest absolute Gasteiger partial charge is 0.458 e. The van der Waals surface area contributed by atoms with Crippen molar-refractivity contribution in [3.63, 3.8) is 0 Å². The van der Waals surface area contributed by atoms with Crippen LogP contribution in [0.15, 0.2) is 28.7 Å². The Hall–Kier alpha value is -1.03. The summed E-state index contributed by atoms with van der Waals surface area (Å²) >= 11 is 6.18. The van der Waals surface area contributed by atoms with Crippen molar-refractivity contribution in [1.82, 2.24) is 5.32 Å². The molecule has 2 aromatic rings. The first kappa shape index (κ1) is 15.4. The molecule has 0 radical (unpaired) electrons. The fourth-order valence-corrected chi connectivity index (χ4v) is 2.51. The molecule has 1 heterocycles. The van der Waals surface area contributed by atoms with Gasteiger partial charge >= 0.3 is 0 Å². The minimum Gasteiger partial charge on any atom is -0.458 e. The number of hydrogen-bond donors (Lipinski definition) is 1. The molecule has 1 N–H and O–H groups in total. The van der Waals surface area contributed by atoms with E-state index in [9.17, 15) is 0 Å². The van der Waals surface area contributed by atoms with Crippen LogP contribution in [-0.4, -0.2) is 19.3 Å². The first-order valence-electron chi connectivity index (χ1n) is 6.96. The van der Waals surface area contributed by atoms with Crippen molar-refractivity contribution in [3.05, 3.63) is 35.0 Å². The zero-order valence-electron chi connectivity index (χ0n) is 12.5. The molecular weight excluding hydrogens is 274 g/mol. The predicted molar refractivity (Wildman–Crippen MR) is 83.3 cm³/mol. The van der Waals surface area contributed by atoms with Crippen molar-refractivity contribution in [1.29, 1.82) is 0 Å². The molecule has 0 fully saturated rings. The molecule has 0 bridgehead atoms. The summed E-state index contributed by atoms with van der Waals surface area (Å²) in [5.41, 5.74) is 0.370. The van der Waals surface area contributed by atoms with Crippen LogP contribution in [0.5, 0.6) is 0 Å². The summed E-state index contributed by atoms with van der Waals surface area (Å²) < 4.78 is 11.6. The summed E-state index contributed by atoms with van der Waals surface area (Å²) in [6.45, 7) is 7.14. The number of halogens is 1. The second kappa shape index (κ2) is 6.17. The molecule has 1 atom stereocenters. The number of para-hydroxylation sites is 1. The Bertz CT molecular complexity index is 577. The minimum absolute atomic E-state index is 0.0177. The Morgan fingerprint density at radius 2 is 2.15 bits per heavy atom. The van der Waals surface area contributed by atoms with Crippen molar-refractivity contribution >= 4 is 22.6 Å². The van der Waals surface area contributed by atoms with E-state index in [-0.39, 0.29) is 11.6 Å². The average Bonchev–Trinajstić information content (AvgIpc) is 2.84. The summed E-state index contributed by atoms with van der Waals surface area (Å²) in [6.07, 6.45) is 1.05. The van der Waals surface area contributed by atoms with Gasteiger partial charge < -0.3 is 14.5 Å². The van der Waals surface area contributed by atoms with Crippen LogP contribution < -0.4 is 5.32 Å². The van der Waals surface area contributed by atoms with Gasteiger partial charge in [-0.25, -0.2) is 0 Å². The molecular formula is C16H22ClNO2. The highest BCUT2D eigenvalue weighted by Crippen LogP contribution is 2.34. The van der Waals surface area contributed by atoms with E-state index in [2.05, 4.69) is 26.1 Å². The number of fused-ring (bicyclic) bond motifs is 1. The Morgan fingerprint density at radius 1 is 1.40 bits per heavy atom. The summed E-state index contributed by atoms with van der Waals surface area (Å²) in [5, 5.41) is 5.15. The molecule has 0 saturated carbocycles. The van der Waals surface area contributed by atoms with E-state index in [1.807, 2.05) is 24.3 Å². The number of ether oxygens (including phenoxy) is 1. The van der Waals surface area contributed by atoms with Crippen molar-refractivity contribution in [2.45, 2.75) is 38.8 Å². The Balaban J connectivity index is 2.42. The molecule has 1 aromatic carbocycles. The molecule has 0 aliphatic carbocycles. The SMILES string of the molecule is CCCNC(c1cc2cccc(Cl)c2o1)C(C)(C)OC. The third-order valence-corrected chi connectivity index (χ3v) is 3.92. The van der Waals surface area contributed by atoms with Crippen molar-refractivity contribution < 1.29 is 9.15 Å². The van der Waals surface area contributed by atoms with Crippen LogP contribution in [0.1, 0.15) is 39.0 Å². The second-order valence-electron chi connectivity index (χ2n) is 5.50. The van der Waals surface area contributed by atoms with E-state index < -0.39 is 0 Å². The summed E-state index contributed by atoms with van der Waals surface area (Å²) in [6, 6.07) is 7.80. The smallest absolute Gasteiger partial charge is 0.152 e. The maximum absolute atomic E-state index is 6.18. The summed E-state index contributed by atoms with van der Waals surface area (Å²) in [5.74, 6) is 0.855. The second-order valence-corrected chi connectivity index (χ2v) is 5.91. The van der Waals surface area contributed by atoms with E-state index in [0.717, 1.165) is 29.7 Å². The topological polar surface area (TPSA) is 34.4 Å². The predicted octanol–water partition coefficient (Wildman–Crippen LogP) is 4.55. The maximum atomic E-state index is 6.18. The van der Waals surface area contributed by atoms with Crippen LogP contribution in [0, 0.1) is 0 Å². The third-order valence-electron chi connectivity index (χ3n) is 3.62. The third kappa shape index (κ3) is 3.00. The molecule has 1 aromatic heterocycles. The van der Waals surface area contributed by atoms with Crippen LogP contribution in [0.4, 0.5) is 0 Å². The normalized spacial score (nSPS) is 13.8. The van der Waals surface area contributed by atoms with Gasteiger partial charge in [-0.1, -0.05) is 30.7 Å². The van der Waals surface area contributed by atoms with Crippen molar-refractivity contribution in [2.75, 3.05) is 13.7 Å². The van der Waals surface area contributed by atoms with E-state index in [0.29, 0.717) is 5.02 Å². The van der Waals surface area contributed by atoms with Crippen molar-refractivity contribution in [2.24, 2.45) is 0 Å². The highest BCUT2D eigenvalue weighted by atomic mass is 35.5. The minimum atomic E-state index is -0.366. The average molecular weight is 296 g/mol. The summed E-state index contributed by atoms with van der Waals surface area (Å²) in [4.78, 5) is 0.